The lowest BCUT2D eigenvalue weighted by atomic mass is 10.1. The third-order valence-electron chi connectivity index (χ3n) is 4.67. The lowest BCUT2D eigenvalue weighted by Crippen LogP contribution is -2.57. The normalized spacial score (nSPS) is 18.5. The molecule has 0 saturated carbocycles. The number of nitrogens with zero attached hydrogens (tertiary/aromatic N) is 1. The number of aliphatic hydroxyl groups excluding tert-OH is 1. The maximum absolute atomic E-state index is 12.7. The molecule has 1 rings (SSSR count). The minimum absolute atomic E-state index is 0.0131. The summed E-state index contributed by atoms with van der Waals surface area (Å²) in [6.07, 6.45) is -0.299. The van der Waals surface area contributed by atoms with E-state index in [-0.39, 0.29) is 25.8 Å². The molecule has 1 fully saturated rings. The molecule has 0 bridgehead atoms. The Hall–Kier alpha value is -3.26. The Kier molecular flexibility index (Phi) is 9.82. The highest BCUT2D eigenvalue weighted by Gasteiger charge is 2.38. The number of nitrogens with one attached hydrogen (secondary N) is 2. The standard InChI is InChI=1S/C17H27N5O9/c18-8(3-4-12(19)24)16(29)22-5-1-2-11(22)15(28)20-9(6-13(25)26)14(27)21-10(7-23)17(30)31/h8-11,23H,1-7,18H2,(H2,19,24)(H,20,28)(H,21,27)(H,25,26)(H,30,31). The molecule has 0 spiro atoms. The smallest absolute Gasteiger partial charge is 0.328 e. The van der Waals surface area contributed by atoms with Gasteiger partial charge in [-0.05, 0) is 19.3 Å². The van der Waals surface area contributed by atoms with Crippen LogP contribution in [-0.2, 0) is 28.8 Å². The van der Waals surface area contributed by atoms with E-state index >= 15 is 0 Å². The Morgan fingerprint density at radius 2 is 1.71 bits per heavy atom. The number of nitrogens with two attached hydrogens (primary N) is 2. The van der Waals surface area contributed by atoms with Gasteiger partial charge in [-0.1, -0.05) is 0 Å². The molecule has 14 nitrogen and oxygen atoms in total. The average Bonchev–Trinajstić information content (AvgIpc) is 3.18. The number of rotatable bonds is 12. The number of carbonyl (C=O) groups excluding carboxylic acids is 4. The molecule has 0 aromatic heterocycles. The summed E-state index contributed by atoms with van der Waals surface area (Å²) in [4.78, 5) is 71.6. The molecule has 0 aromatic carbocycles. The Balaban J connectivity index is 2.87. The summed E-state index contributed by atoms with van der Waals surface area (Å²) >= 11 is 0. The van der Waals surface area contributed by atoms with Gasteiger partial charge in [0.05, 0.1) is 19.1 Å². The second kappa shape index (κ2) is 11.8. The molecule has 0 aromatic rings. The van der Waals surface area contributed by atoms with Gasteiger partial charge in [0.1, 0.15) is 18.1 Å². The number of carboxylic acid groups (broad SMARTS) is 2. The molecule has 0 aliphatic carbocycles. The fraction of sp³-hybridized carbons (Fsp3) is 0.647. The molecular formula is C17H27N5O9. The molecule has 1 aliphatic heterocycles. The van der Waals surface area contributed by atoms with Gasteiger partial charge in [-0.15, -0.1) is 0 Å². The molecule has 4 unspecified atom stereocenters. The van der Waals surface area contributed by atoms with Gasteiger partial charge >= 0.3 is 11.9 Å². The van der Waals surface area contributed by atoms with E-state index in [9.17, 15) is 28.8 Å². The van der Waals surface area contributed by atoms with E-state index in [2.05, 4.69) is 5.32 Å². The summed E-state index contributed by atoms with van der Waals surface area (Å²) in [6, 6.07) is -5.42. The second-order valence-corrected chi connectivity index (χ2v) is 7.04. The Morgan fingerprint density at radius 3 is 2.23 bits per heavy atom. The number of hydrogen-bond donors (Lipinski definition) is 7. The van der Waals surface area contributed by atoms with Crippen molar-refractivity contribution >= 4 is 35.6 Å². The zero-order chi connectivity index (χ0) is 23.7. The van der Waals surface area contributed by atoms with Gasteiger partial charge in [0.2, 0.25) is 23.6 Å². The van der Waals surface area contributed by atoms with Crippen LogP contribution >= 0.6 is 0 Å². The highest BCUT2D eigenvalue weighted by atomic mass is 16.4. The van der Waals surface area contributed by atoms with Crippen LogP contribution in [0.5, 0.6) is 0 Å². The molecule has 1 aliphatic rings. The molecule has 31 heavy (non-hydrogen) atoms. The topological polar surface area (TPSA) is 242 Å². The van der Waals surface area contributed by atoms with Crippen LogP contribution in [0.4, 0.5) is 0 Å². The van der Waals surface area contributed by atoms with E-state index in [1.54, 1.807) is 0 Å². The zero-order valence-corrected chi connectivity index (χ0v) is 16.7. The summed E-state index contributed by atoms with van der Waals surface area (Å²) in [7, 11) is 0. The average molecular weight is 445 g/mol. The largest absolute Gasteiger partial charge is 0.481 e. The lowest BCUT2D eigenvalue weighted by Gasteiger charge is -2.28. The molecule has 1 heterocycles. The van der Waals surface area contributed by atoms with Crippen LogP contribution in [0, 0.1) is 0 Å². The van der Waals surface area contributed by atoms with Crippen LogP contribution in [-0.4, -0.2) is 93.1 Å². The van der Waals surface area contributed by atoms with Crippen molar-refractivity contribution in [1.82, 2.24) is 15.5 Å². The van der Waals surface area contributed by atoms with Crippen molar-refractivity contribution in [3.8, 4) is 0 Å². The molecule has 9 N–H and O–H groups in total. The predicted molar refractivity (Wildman–Crippen MR) is 102 cm³/mol. The van der Waals surface area contributed by atoms with E-state index < -0.39 is 72.8 Å². The highest BCUT2D eigenvalue weighted by Crippen LogP contribution is 2.19. The summed E-state index contributed by atoms with van der Waals surface area (Å²) < 4.78 is 0. The maximum atomic E-state index is 12.7. The first-order valence-electron chi connectivity index (χ1n) is 9.48. The van der Waals surface area contributed by atoms with Crippen molar-refractivity contribution in [2.45, 2.75) is 56.3 Å². The molecular weight excluding hydrogens is 418 g/mol. The third-order valence-corrected chi connectivity index (χ3v) is 4.67. The number of aliphatic carboxylic acids is 2. The summed E-state index contributed by atoms with van der Waals surface area (Å²) in [6.45, 7) is -0.745. The van der Waals surface area contributed by atoms with Crippen LogP contribution in [0.15, 0.2) is 0 Å². The number of primary amides is 1. The van der Waals surface area contributed by atoms with E-state index in [0.29, 0.717) is 6.42 Å². The Morgan fingerprint density at radius 1 is 1.06 bits per heavy atom. The summed E-state index contributed by atoms with van der Waals surface area (Å²) in [5, 5.41) is 31.1. The maximum Gasteiger partial charge on any atom is 0.328 e. The monoisotopic (exact) mass is 445 g/mol. The van der Waals surface area contributed by atoms with Crippen molar-refractivity contribution in [3.63, 3.8) is 0 Å². The van der Waals surface area contributed by atoms with Crippen LogP contribution in [0.2, 0.25) is 0 Å². The molecule has 174 valence electrons. The lowest BCUT2D eigenvalue weighted by molar-refractivity contribution is -0.145. The van der Waals surface area contributed by atoms with Crippen LogP contribution in [0.25, 0.3) is 0 Å². The fourth-order valence-corrected chi connectivity index (χ4v) is 3.05. The van der Waals surface area contributed by atoms with Crippen molar-refractivity contribution in [1.29, 1.82) is 0 Å². The fourth-order valence-electron chi connectivity index (χ4n) is 3.05. The first kappa shape index (κ1) is 25.8. The number of carbonyl (C=O) groups is 6. The Bertz CT molecular complexity index is 729. The van der Waals surface area contributed by atoms with Gasteiger partial charge in [0.15, 0.2) is 0 Å². The minimum atomic E-state index is -1.69. The van der Waals surface area contributed by atoms with Crippen molar-refractivity contribution < 1.29 is 44.1 Å². The molecule has 1 saturated heterocycles. The van der Waals surface area contributed by atoms with E-state index in [1.807, 2.05) is 5.32 Å². The molecule has 4 atom stereocenters. The number of amides is 4. The van der Waals surface area contributed by atoms with Gasteiger partial charge in [0.25, 0.3) is 0 Å². The van der Waals surface area contributed by atoms with Crippen molar-refractivity contribution in [2.24, 2.45) is 11.5 Å². The zero-order valence-electron chi connectivity index (χ0n) is 16.7. The number of aliphatic hydroxyl groups is 1. The third kappa shape index (κ3) is 7.82. The highest BCUT2D eigenvalue weighted by molar-refractivity contribution is 5.96. The predicted octanol–water partition coefficient (Wildman–Crippen LogP) is -3.91. The number of carboxylic acids is 2. The van der Waals surface area contributed by atoms with E-state index in [1.165, 1.54) is 4.90 Å². The molecule has 4 amide bonds. The molecule has 14 heteroatoms. The van der Waals surface area contributed by atoms with Crippen molar-refractivity contribution in [2.75, 3.05) is 13.2 Å². The number of likely N-dealkylation sites (tertiary alicyclic amines) is 1. The minimum Gasteiger partial charge on any atom is -0.481 e. The quantitative estimate of drug-likeness (QED) is 0.154. The Labute approximate surface area is 176 Å². The first-order valence-corrected chi connectivity index (χ1v) is 9.48. The first-order chi connectivity index (χ1) is 14.5. The second-order valence-electron chi connectivity index (χ2n) is 7.04. The van der Waals surface area contributed by atoms with E-state index in [0.717, 1.165) is 0 Å². The number of hydrogen-bond acceptors (Lipinski definition) is 8. The van der Waals surface area contributed by atoms with Crippen molar-refractivity contribution in [3.05, 3.63) is 0 Å². The SMILES string of the molecule is NC(=O)CCC(N)C(=O)N1CCCC1C(=O)NC(CC(=O)O)C(=O)NC(CO)C(=O)O. The van der Waals surface area contributed by atoms with E-state index in [4.69, 9.17) is 26.8 Å². The molecule has 0 radical (unpaired) electrons. The van der Waals surface area contributed by atoms with Gasteiger partial charge in [-0.2, -0.15) is 0 Å². The van der Waals surface area contributed by atoms with Gasteiger partial charge < -0.3 is 42.3 Å². The van der Waals surface area contributed by atoms with Crippen LogP contribution < -0.4 is 22.1 Å². The van der Waals surface area contributed by atoms with Gasteiger partial charge in [-0.25, -0.2) is 4.79 Å². The van der Waals surface area contributed by atoms with Gasteiger partial charge in [0, 0.05) is 13.0 Å². The summed E-state index contributed by atoms with van der Waals surface area (Å²) in [5.41, 5.74) is 10.8. The van der Waals surface area contributed by atoms with Gasteiger partial charge in [-0.3, -0.25) is 24.0 Å². The summed E-state index contributed by atoms with van der Waals surface area (Å²) in [5.74, 6) is -6.15. The van der Waals surface area contributed by atoms with Crippen LogP contribution in [0.3, 0.4) is 0 Å². The van der Waals surface area contributed by atoms with Crippen LogP contribution in [0.1, 0.15) is 32.1 Å².